The van der Waals surface area contributed by atoms with E-state index >= 15 is 0 Å². The summed E-state index contributed by atoms with van der Waals surface area (Å²) < 4.78 is 10.7. The maximum absolute atomic E-state index is 9.60. The van der Waals surface area contributed by atoms with Gasteiger partial charge >= 0.3 is 0 Å². The second-order valence-electron chi connectivity index (χ2n) is 4.39. The first kappa shape index (κ1) is 14.8. The van der Waals surface area contributed by atoms with Crippen LogP contribution in [0.2, 0.25) is 0 Å². The standard InChI is InChI=1S/C14H23NO3/c1-4-17-10-13(16)9-15-12-5-7-14(8-6-12)18-11(2)3/h5-8,11,13,15-16H,4,9-10H2,1-3H3. The lowest BCUT2D eigenvalue weighted by Gasteiger charge is -2.13. The predicted molar refractivity (Wildman–Crippen MR) is 73.2 cm³/mol. The molecule has 1 aromatic rings. The minimum atomic E-state index is -0.489. The number of ether oxygens (including phenoxy) is 2. The fraction of sp³-hybridized carbons (Fsp3) is 0.571. The van der Waals surface area contributed by atoms with Crippen LogP contribution in [-0.4, -0.2) is 37.1 Å². The third-order valence-electron chi connectivity index (χ3n) is 2.28. The summed E-state index contributed by atoms with van der Waals surface area (Å²) in [5.74, 6) is 0.852. The van der Waals surface area contributed by atoms with E-state index in [0.717, 1.165) is 11.4 Å². The summed E-state index contributed by atoms with van der Waals surface area (Å²) in [5.41, 5.74) is 0.960. The number of hydrogen-bond donors (Lipinski definition) is 2. The molecule has 0 aliphatic carbocycles. The highest BCUT2D eigenvalue weighted by Gasteiger charge is 2.03. The van der Waals surface area contributed by atoms with E-state index < -0.39 is 6.10 Å². The average molecular weight is 253 g/mol. The molecule has 0 aliphatic heterocycles. The van der Waals surface area contributed by atoms with Crippen molar-refractivity contribution in [3.05, 3.63) is 24.3 Å². The third kappa shape index (κ3) is 5.89. The Balaban J connectivity index is 2.34. The van der Waals surface area contributed by atoms with Crippen LogP contribution >= 0.6 is 0 Å². The highest BCUT2D eigenvalue weighted by Crippen LogP contribution is 2.16. The Kier molecular flexibility index (Phi) is 6.54. The van der Waals surface area contributed by atoms with Gasteiger partial charge in [-0.3, -0.25) is 0 Å². The molecule has 0 amide bonds. The molecular formula is C14H23NO3. The Bertz CT molecular complexity index is 324. The first-order chi connectivity index (χ1) is 8.61. The smallest absolute Gasteiger partial charge is 0.119 e. The van der Waals surface area contributed by atoms with Crippen LogP contribution in [0.5, 0.6) is 5.75 Å². The summed E-state index contributed by atoms with van der Waals surface area (Å²) in [6, 6.07) is 7.70. The van der Waals surface area contributed by atoms with Crippen LogP contribution in [0.4, 0.5) is 5.69 Å². The predicted octanol–water partition coefficient (Wildman–Crippen LogP) is 2.28. The maximum atomic E-state index is 9.60. The van der Waals surface area contributed by atoms with Gasteiger partial charge in [0, 0.05) is 18.8 Å². The molecule has 18 heavy (non-hydrogen) atoms. The van der Waals surface area contributed by atoms with Gasteiger partial charge in [0.05, 0.1) is 18.8 Å². The molecule has 0 saturated carbocycles. The lowest BCUT2D eigenvalue weighted by atomic mass is 10.3. The summed E-state index contributed by atoms with van der Waals surface area (Å²) in [4.78, 5) is 0. The highest BCUT2D eigenvalue weighted by molar-refractivity contribution is 5.46. The van der Waals surface area contributed by atoms with Crippen molar-refractivity contribution in [1.82, 2.24) is 0 Å². The van der Waals surface area contributed by atoms with Crippen molar-refractivity contribution >= 4 is 5.69 Å². The first-order valence-corrected chi connectivity index (χ1v) is 6.38. The van der Waals surface area contributed by atoms with Crippen LogP contribution in [0.15, 0.2) is 24.3 Å². The molecule has 0 radical (unpaired) electrons. The van der Waals surface area contributed by atoms with E-state index in [4.69, 9.17) is 9.47 Å². The first-order valence-electron chi connectivity index (χ1n) is 6.38. The second-order valence-corrected chi connectivity index (χ2v) is 4.39. The number of hydrogen-bond acceptors (Lipinski definition) is 4. The lowest BCUT2D eigenvalue weighted by Crippen LogP contribution is -2.24. The summed E-state index contributed by atoms with van der Waals surface area (Å²) in [6.45, 7) is 7.36. The quantitative estimate of drug-likeness (QED) is 0.746. The number of nitrogens with one attached hydrogen (secondary N) is 1. The molecule has 0 saturated heterocycles. The normalized spacial score (nSPS) is 12.5. The Morgan fingerprint density at radius 1 is 1.22 bits per heavy atom. The molecule has 0 spiro atoms. The molecule has 2 N–H and O–H groups in total. The number of rotatable bonds is 8. The highest BCUT2D eigenvalue weighted by atomic mass is 16.5. The molecule has 0 aliphatic rings. The zero-order valence-electron chi connectivity index (χ0n) is 11.3. The molecule has 0 fully saturated rings. The van der Waals surface area contributed by atoms with E-state index in [1.165, 1.54) is 0 Å². The maximum Gasteiger partial charge on any atom is 0.119 e. The molecule has 1 aromatic carbocycles. The largest absolute Gasteiger partial charge is 0.491 e. The molecular weight excluding hydrogens is 230 g/mol. The van der Waals surface area contributed by atoms with Crippen molar-refractivity contribution in [2.45, 2.75) is 33.0 Å². The molecule has 4 heteroatoms. The van der Waals surface area contributed by atoms with Gasteiger partial charge in [-0.05, 0) is 45.0 Å². The van der Waals surface area contributed by atoms with E-state index in [1.807, 2.05) is 45.0 Å². The Hall–Kier alpha value is -1.26. The van der Waals surface area contributed by atoms with Crippen LogP contribution in [0.1, 0.15) is 20.8 Å². The Morgan fingerprint density at radius 3 is 2.44 bits per heavy atom. The van der Waals surface area contributed by atoms with Gasteiger partial charge in [0.2, 0.25) is 0 Å². The van der Waals surface area contributed by atoms with Gasteiger partial charge in [-0.25, -0.2) is 0 Å². The zero-order chi connectivity index (χ0) is 13.4. The topological polar surface area (TPSA) is 50.7 Å². The SMILES string of the molecule is CCOCC(O)CNc1ccc(OC(C)C)cc1. The van der Waals surface area contributed by atoms with Crippen molar-refractivity contribution < 1.29 is 14.6 Å². The zero-order valence-corrected chi connectivity index (χ0v) is 11.3. The summed E-state index contributed by atoms with van der Waals surface area (Å²) in [5, 5.41) is 12.8. The molecule has 0 aromatic heterocycles. The molecule has 0 heterocycles. The van der Waals surface area contributed by atoms with E-state index in [-0.39, 0.29) is 6.10 Å². The van der Waals surface area contributed by atoms with Crippen LogP contribution in [0.3, 0.4) is 0 Å². The van der Waals surface area contributed by atoms with Crippen LogP contribution in [0, 0.1) is 0 Å². The molecule has 4 nitrogen and oxygen atoms in total. The third-order valence-corrected chi connectivity index (χ3v) is 2.28. The van der Waals surface area contributed by atoms with Gasteiger partial charge < -0.3 is 19.9 Å². The molecule has 1 rings (SSSR count). The fourth-order valence-electron chi connectivity index (χ4n) is 1.47. The number of aliphatic hydroxyl groups excluding tert-OH is 1. The van der Waals surface area contributed by atoms with Gasteiger partial charge in [0.15, 0.2) is 0 Å². The molecule has 102 valence electrons. The van der Waals surface area contributed by atoms with E-state index in [2.05, 4.69) is 5.32 Å². The monoisotopic (exact) mass is 253 g/mol. The number of benzene rings is 1. The van der Waals surface area contributed by atoms with E-state index in [0.29, 0.717) is 19.8 Å². The molecule has 1 unspecified atom stereocenters. The van der Waals surface area contributed by atoms with Gasteiger partial charge in [0.25, 0.3) is 0 Å². The van der Waals surface area contributed by atoms with Crippen molar-refractivity contribution in [2.24, 2.45) is 0 Å². The summed E-state index contributed by atoms with van der Waals surface area (Å²) >= 11 is 0. The Morgan fingerprint density at radius 2 is 1.89 bits per heavy atom. The van der Waals surface area contributed by atoms with Gasteiger partial charge in [-0.15, -0.1) is 0 Å². The van der Waals surface area contributed by atoms with Crippen molar-refractivity contribution in [3.63, 3.8) is 0 Å². The number of anilines is 1. The van der Waals surface area contributed by atoms with Crippen LogP contribution in [0.25, 0.3) is 0 Å². The average Bonchev–Trinajstić information content (AvgIpc) is 2.35. The summed E-state index contributed by atoms with van der Waals surface area (Å²) in [7, 11) is 0. The van der Waals surface area contributed by atoms with Crippen LogP contribution < -0.4 is 10.1 Å². The molecule has 1 atom stereocenters. The van der Waals surface area contributed by atoms with Gasteiger partial charge in [-0.2, -0.15) is 0 Å². The van der Waals surface area contributed by atoms with Crippen molar-refractivity contribution in [1.29, 1.82) is 0 Å². The lowest BCUT2D eigenvalue weighted by molar-refractivity contribution is 0.0496. The van der Waals surface area contributed by atoms with Crippen molar-refractivity contribution in [2.75, 3.05) is 25.1 Å². The van der Waals surface area contributed by atoms with E-state index in [9.17, 15) is 5.11 Å². The molecule has 0 bridgehead atoms. The minimum absolute atomic E-state index is 0.178. The van der Waals surface area contributed by atoms with Crippen LogP contribution in [-0.2, 0) is 4.74 Å². The van der Waals surface area contributed by atoms with Gasteiger partial charge in [0.1, 0.15) is 5.75 Å². The minimum Gasteiger partial charge on any atom is -0.491 e. The van der Waals surface area contributed by atoms with Gasteiger partial charge in [-0.1, -0.05) is 0 Å². The number of aliphatic hydroxyl groups is 1. The second kappa shape index (κ2) is 7.95. The van der Waals surface area contributed by atoms with Crippen molar-refractivity contribution in [3.8, 4) is 5.75 Å². The fourth-order valence-corrected chi connectivity index (χ4v) is 1.47. The Labute approximate surface area is 109 Å². The summed E-state index contributed by atoms with van der Waals surface area (Å²) in [6.07, 6.45) is -0.312. The van der Waals surface area contributed by atoms with E-state index in [1.54, 1.807) is 0 Å².